The van der Waals surface area contributed by atoms with E-state index in [-0.39, 0.29) is 11.2 Å². The van der Waals surface area contributed by atoms with Gasteiger partial charge in [-0.3, -0.25) is 9.48 Å². The zero-order chi connectivity index (χ0) is 17.2. The molecule has 0 radical (unpaired) electrons. The van der Waals surface area contributed by atoms with E-state index in [2.05, 4.69) is 15.7 Å². The Hall–Kier alpha value is -2.44. The molecule has 2 aromatic rings. The van der Waals surface area contributed by atoms with Crippen molar-refractivity contribution in [2.45, 2.75) is 39.3 Å². The van der Waals surface area contributed by atoms with Gasteiger partial charge in [0.15, 0.2) is 0 Å². The second-order valence-electron chi connectivity index (χ2n) is 6.32. The summed E-state index contributed by atoms with van der Waals surface area (Å²) in [6.07, 6.45) is 3.39. The Morgan fingerprint density at radius 2 is 2.00 bits per heavy atom. The number of anilines is 2. The molecular formula is C16H20F2N4O. The molecule has 0 spiro atoms. The molecule has 1 aromatic heterocycles. The lowest BCUT2D eigenvalue weighted by Gasteiger charge is -2.19. The summed E-state index contributed by atoms with van der Waals surface area (Å²) in [4.78, 5) is 12.1. The molecule has 0 aliphatic carbocycles. The largest absolute Gasteiger partial charge is 0.371 e. The van der Waals surface area contributed by atoms with Crippen molar-refractivity contribution >= 4 is 17.3 Å². The number of benzene rings is 1. The van der Waals surface area contributed by atoms with E-state index in [1.54, 1.807) is 24.0 Å². The molecule has 1 atom stereocenters. The van der Waals surface area contributed by atoms with E-state index in [1.165, 1.54) is 0 Å². The highest BCUT2D eigenvalue weighted by Crippen LogP contribution is 2.18. The van der Waals surface area contributed by atoms with Gasteiger partial charge < -0.3 is 10.6 Å². The summed E-state index contributed by atoms with van der Waals surface area (Å²) in [7, 11) is 0. The third-order valence-corrected chi connectivity index (χ3v) is 3.23. The van der Waals surface area contributed by atoms with Gasteiger partial charge in [-0.2, -0.15) is 5.10 Å². The third kappa shape index (κ3) is 4.28. The molecule has 0 saturated heterocycles. The molecule has 0 unspecified atom stereocenters. The number of carbonyl (C=O) groups excluding carboxylic acids is 1. The number of rotatable bonds is 4. The third-order valence-electron chi connectivity index (χ3n) is 3.23. The standard InChI is InChI=1S/C16H20F2N4O/c1-10(20-12-8-19-22(9-12)16(2,3)4)15(23)21-14-7-11(17)5-6-13(14)18/h5-10,20H,1-4H3,(H,21,23)/t10-/m0/s1. The van der Waals surface area contributed by atoms with Crippen LogP contribution in [0.5, 0.6) is 0 Å². The quantitative estimate of drug-likeness (QED) is 0.907. The molecule has 124 valence electrons. The van der Waals surface area contributed by atoms with Crippen molar-refractivity contribution in [1.29, 1.82) is 0 Å². The maximum atomic E-state index is 13.5. The SMILES string of the molecule is C[C@H](Nc1cnn(C(C)(C)C)c1)C(=O)Nc1cc(F)ccc1F. The van der Waals surface area contributed by atoms with Crippen molar-refractivity contribution in [3.05, 3.63) is 42.2 Å². The first-order valence-electron chi connectivity index (χ1n) is 7.24. The lowest BCUT2D eigenvalue weighted by Crippen LogP contribution is -2.32. The Bertz CT molecular complexity index is 706. The van der Waals surface area contributed by atoms with Gasteiger partial charge in [-0.1, -0.05) is 0 Å². The molecule has 2 rings (SSSR count). The zero-order valence-electron chi connectivity index (χ0n) is 13.5. The molecule has 7 heteroatoms. The lowest BCUT2D eigenvalue weighted by molar-refractivity contribution is -0.116. The van der Waals surface area contributed by atoms with Crippen molar-refractivity contribution in [3.8, 4) is 0 Å². The first-order valence-corrected chi connectivity index (χ1v) is 7.24. The van der Waals surface area contributed by atoms with Crippen LogP contribution in [0.1, 0.15) is 27.7 Å². The highest BCUT2D eigenvalue weighted by atomic mass is 19.1. The summed E-state index contributed by atoms with van der Waals surface area (Å²) in [5, 5.41) is 9.56. The van der Waals surface area contributed by atoms with Gasteiger partial charge in [0.25, 0.3) is 0 Å². The molecular weight excluding hydrogens is 302 g/mol. The highest BCUT2D eigenvalue weighted by molar-refractivity contribution is 5.96. The summed E-state index contributed by atoms with van der Waals surface area (Å²) in [6, 6.07) is 2.26. The zero-order valence-corrected chi connectivity index (χ0v) is 13.5. The smallest absolute Gasteiger partial charge is 0.246 e. The van der Waals surface area contributed by atoms with Crippen molar-refractivity contribution in [1.82, 2.24) is 9.78 Å². The highest BCUT2D eigenvalue weighted by Gasteiger charge is 2.18. The van der Waals surface area contributed by atoms with Crippen LogP contribution in [0.15, 0.2) is 30.6 Å². The van der Waals surface area contributed by atoms with Crippen molar-refractivity contribution in [3.63, 3.8) is 0 Å². The van der Waals surface area contributed by atoms with E-state index in [1.807, 2.05) is 20.8 Å². The maximum Gasteiger partial charge on any atom is 0.246 e. The van der Waals surface area contributed by atoms with Crippen molar-refractivity contribution in [2.24, 2.45) is 0 Å². The van der Waals surface area contributed by atoms with Crippen LogP contribution in [0, 0.1) is 11.6 Å². The molecule has 1 amide bonds. The second kappa shape index (κ2) is 6.36. The van der Waals surface area contributed by atoms with Crippen LogP contribution in [0.2, 0.25) is 0 Å². The monoisotopic (exact) mass is 322 g/mol. The van der Waals surface area contributed by atoms with E-state index in [0.29, 0.717) is 5.69 Å². The molecule has 0 fully saturated rings. The molecule has 0 bridgehead atoms. The van der Waals surface area contributed by atoms with Crippen molar-refractivity contribution in [2.75, 3.05) is 10.6 Å². The fourth-order valence-electron chi connectivity index (χ4n) is 1.91. The number of halogens is 2. The molecule has 23 heavy (non-hydrogen) atoms. The minimum absolute atomic E-state index is 0.171. The van der Waals surface area contributed by atoms with Crippen LogP contribution >= 0.6 is 0 Å². The number of aromatic nitrogens is 2. The first kappa shape index (κ1) is 16.9. The Morgan fingerprint density at radius 1 is 1.30 bits per heavy atom. The van der Waals surface area contributed by atoms with E-state index >= 15 is 0 Å². The summed E-state index contributed by atoms with van der Waals surface area (Å²) >= 11 is 0. The van der Waals surface area contributed by atoms with Gasteiger partial charge in [-0.15, -0.1) is 0 Å². The summed E-state index contributed by atoms with van der Waals surface area (Å²) in [5.74, 6) is -1.78. The number of carbonyl (C=O) groups is 1. The van der Waals surface area contributed by atoms with Crippen LogP contribution in [0.4, 0.5) is 20.2 Å². The van der Waals surface area contributed by atoms with Gasteiger partial charge in [0.05, 0.1) is 23.1 Å². The maximum absolute atomic E-state index is 13.5. The van der Waals surface area contributed by atoms with Gasteiger partial charge in [-0.25, -0.2) is 8.78 Å². The summed E-state index contributed by atoms with van der Waals surface area (Å²) in [6.45, 7) is 7.65. The lowest BCUT2D eigenvalue weighted by atomic mass is 10.1. The van der Waals surface area contributed by atoms with Crippen LogP contribution in [-0.2, 0) is 10.3 Å². The fourth-order valence-corrected chi connectivity index (χ4v) is 1.91. The molecule has 2 N–H and O–H groups in total. The van der Waals surface area contributed by atoms with Gasteiger partial charge in [0.1, 0.15) is 17.7 Å². The predicted molar refractivity (Wildman–Crippen MR) is 85.3 cm³/mol. The van der Waals surface area contributed by atoms with E-state index < -0.39 is 23.6 Å². The van der Waals surface area contributed by atoms with E-state index in [4.69, 9.17) is 0 Å². The Labute approximate surface area is 133 Å². The topological polar surface area (TPSA) is 59.0 Å². The molecule has 1 heterocycles. The van der Waals surface area contributed by atoms with Gasteiger partial charge in [-0.05, 0) is 39.8 Å². The normalized spacial score (nSPS) is 12.8. The summed E-state index contributed by atoms with van der Waals surface area (Å²) < 4.78 is 28.4. The minimum atomic E-state index is -0.687. The molecule has 0 aliphatic rings. The average Bonchev–Trinajstić information content (AvgIpc) is 2.91. The van der Waals surface area contributed by atoms with Gasteiger partial charge >= 0.3 is 0 Å². The van der Waals surface area contributed by atoms with Crippen LogP contribution in [0.3, 0.4) is 0 Å². The second-order valence-corrected chi connectivity index (χ2v) is 6.32. The number of nitrogens with one attached hydrogen (secondary N) is 2. The van der Waals surface area contributed by atoms with Crippen LogP contribution in [0.25, 0.3) is 0 Å². The Balaban J connectivity index is 2.03. The number of amides is 1. The Kier molecular flexibility index (Phi) is 4.68. The Morgan fingerprint density at radius 3 is 2.61 bits per heavy atom. The molecule has 0 saturated carbocycles. The number of hydrogen-bond acceptors (Lipinski definition) is 3. The first-order chi connectivity index (χ1) is 10.7. The van der Waals surface area contributed by atoms with Crippen LogP contribution in [-0.4, -0.2) is 21.7 Å². The van der Waals surface area contributed by atoms with E-state index in [9.17, 15) is 13.6 Å². The van der Waals surface area contributed by atoms with E-state index in [0.717, 1.165) is 18.2 Å². The number of nitrogens with zero attached hydrogens (tertiary/aromatic N) is 2. The predicted octanol–water partition coefficient (Wildman–Crippen LogP) is 3.36. The van der Waals surface area contributed by atoms with Crippen molar-refractivity contribution < 1.29 is 13.6 Å². The average molecular weight is 322 g/mol. The molecule has 1 aromatic carbocycles. The molecule has 0 aliphatic heterocycles. The number of hydrogen-bond donors (Lipinski definition) is 2. The van der Waals surface area contributed by atoms with Crippen LogP contribution < -0.4 is 10.6 Å². The van der Waals surface area contributed by atoms with Gasteiger partial charge in [0, 0.05) is 12.3 Å². The summed E-state index contributed by atoms with van der Waals surface area (Å²) in [5.41, 5.74) is 0.312. The van der Waals surface area contributed by atoms with Gasteiger partial charge in [0.2, 0.25) is 5.91 Å². The molecule has 5 nitrogen and oxygen atoms in total. The minimum Gasteiger partial charge on any atom is -0.371 e. The fraction of sp³-hybridized carbons (Fsp3) is 0.375.